The number of unbranched alkanes of at least 4 members (excludes halogenated alkanes) is 21. The largest absolute Gasteiger partial charge is 0.472 e. The Morgan fingerprint density at radius 3 is 1.23 bits per heavy atom. The lowest BCUT2D eigenvalue weighted by Gasteiger charge is -2.27. The number of rotatable bonds is 57. The molecule has 0 aliphatic heterocycles. The molecule has 0 heterocycles. The second kappa shape index (κ2) is 59.3. The van der Waals surface area contributed by atoms with E-state index in [2.05, 4.69) is 142 Å². The fraction of sp³-hybridized carbons (Fsp3) is 0.662. The van der Waals surface area contributed by atoms with E-state index in [1.54, 1.807) is 0 Å². The second-order valence-corrected chi connectivity index (χ2v) is 24.0. The van der Waals surface area contributed by atoms with Crippen molar-refractivity contribution in [1.82, 2.24) is 5.32 Å². The first-order valence-corrected chi connectivity index (χ1v) is 34.0. The highest BCUT2D eigenvalue weighted by molar-refractivity contribution is 7.47. The molecule has 0 rings (SSSR count). The normalized spacial score (nSPS) is 14.5. The van der Waals surface area contributed by atoms with Gasteiger partial charge in [0.05, 0.1) is 33.8 Å². The van der Waals surface area contributed by atoms with Crippen LogP contribution in [-0.4, -0.2) is 74.3 Å². The lowest BCUT2D eigenvalue weighted by molar-refractivity contribution is -0.870. The number of likely N-dealkylation sites (N-methyl/N-ethyl adjacent to an activating group) is 1. The number of nitrogens with one attached hydrogen (secondary N) is 1. The Labute approximate surface area is 498 Å². The molecular weight excluding hydrogens is 1020 g/mol. The second-order valence-electron chi connectivity index (χ2n) is 22.5. The fourth-order valence-electron chi connectivity index (χ4n) is 8.60. The molecule has 2 N–H and O–H groups in total. The highest BCUT2D eigenvalue weighted by atomic mass is 31.2. The van der Waals surface area contributed by atoms with Crippen molar-refractivity contribution in [3.63, 3.8) is 0 Å². The van der Waals surface area contributed by atoms with Gasteiger partial charge in [0.1, 0.15) is 19.3 Å². The average Bonchev–Trinajstić information content (AvgIpc) is 3.44. The standard InChI is InChI=1S/C71H121N2O7P/c1-7-10-13-16-19-22-25-27-29-31-33-34-35-36-37-38-40-41-43-45-48-51-54-57-60-63-70(74)72-68(67-79-81(76,77)78-66-65-73(4,5)6)69(62-59-56-53-50-47-24-21-18-15-12-9-3)80-71(75)64-61-58-55-52-49-46-44-42-39-32-30-28-26-23-20-17-14-11-8-2/h11,14,19-20,22-23,27-30,33-34,36-37,39,42,46,49,55,58-59,62,68-69H,7-10,12-13,15-18,21,24-26,31-32,35,38,40-41,43-45,47-48,50-54,56-57,60-61,63-67H2,1-6H3,(H-,72,74,76,77)/p+1/b14-11-,22-19-,23-20-,29-27-,30-28-,34-33-,37-36-,42-39-,49-46-,58-55-,62-59-. The summed E-state index contributed by atoms with van der Waals surface area (Å²) in [5, 5.41) is 3.03. The van der Waals surface area contributed by atoms with Crippen LogP contribution >= 0.6 is 7.82 Å². The van der Waals surface area contributed by atoms with Gasteiger partial charge in [-0.3, -0.25) is 18.6 Å². The first-order valence-electron chi connectivity index (χ1n) is 32.5. The summed E-state index contributed by atoms with van der Waals surface area (Å²) in [5.74, 6) is -0.618. The van der Waals surface area contributed by atoms with Crippen molar-refractivity contribution in [2.75, 3.05) is 40.9 Å². The first-order chi connectivity index (χ1) is 39.4. The number of allylic oxidation sites excluding steroid dienone is 21. The van der Waals surface area contributed by atoms with Gasteiger partial charge < -0.3 is 19.4 Å². The molecule has 0 aromatic rings. The van der Waals surface area contributed by atoms with Crippen LogP contribution in [0.1, 0.15) is 252 Å². The fourth-order valence-corrected chi connectivity index (χ4v) is 9.33. The number of hydrogen-bond donors (Lipinski definition) is 2. The number of amides is 1. The molecule has 0 bridgehead atoms. The van der Waals surface area contributed by atoms with Crippen LogP contribution in [0.25, 0.3) is 0 Å². The predicted octanol–water partition coefficient (Wildman–Crippen LogP) is 20.4. The van der Waals surface area contributed by atoms with Crippen molar-refractivity contribution in [2.24, 2.45) is 0 Å². The third kappa shape index (κ3) is 60.6. The predicted molar refractivity (Wildman–Crippen MR) is 350 cm³/mol. The Bertz CT molecular complexity index is 1850. The van der Waals surface area contributed by atoms with Crippen molar-refractivity contribution < 1.29 is 37.3 Å². The van der Waals surface area contributed by atoms with Gasteiger partial charge in [0.25, 0.3) is 0 Å². The third-order valence-corrected chi connectivity index (χ3v) is 14.6. The van der Waals surface area contributed by atoms with E-state index in [1.807, 2.05) is 39.4 Å². The lowest BCUT2D eigenvalue weighted by Crippen LogP contribution is -2.47. The zero-order chi connectivity index (χ0) is 59.3. The maximum atomic E-state index is 13.6. The number of ether oxygens (including phenoxy) is 1. The van der Waals surface area contributed by atoms with Crippen molar-refractivity contribution in [2.45, 2.75) is 264 Å². The highest BCUT2D eigenvalue weighted by Gasteiger charge is 2.30. The molecule has 0 saturated carbocycles. The van der Waals surface area contributed by atoms with Gasteiger partial charge in [-0.25, -0.2) is 4.57 Å². The van der Waals surface area contributed by atoms with Gasteiger partial charge in [-0.1, -0.05) is 258 Å². The molecule has 0 spiro atoms. The lowest BCUT2D eigenvalue weighted by atomic mass is 10.0. The Hall–Kier alpha value is -3.85. The van der Waals surface area contributed by atoms with Crippen LogP contribution in [0.15, 0.2) is 134 Å². The number of esters is 1. The Morgan fingerprint density at radius 1 is 0.444 bits per heavy atom. The smallest absolute Gasteiger partial charge is 0.456 e. The molecule has 9 nitrogen and oxygen atoms in total. The van der Waals surface area contributed by atoms with E-state index in [0.29, 0.717) is 23.9 Å². The van der Waals surface area contributed by atoms with Crippen LogP contribution in [0.2, 0.25) is 0 Å². The average molecular weight is 1150 g/mol. The summed E-state index contributed by atoms with van der Waals surface area (Å²) in [6.45, 7) is 6.80. The SMILES string of the molecule is CC/C=C\C/C=C\C/C=C\C/C=C\C/C=C\C/C=C\CCC(=O)OC(/C=C\CCCCCCCCCCC)C(COP(=O)(O)OCC[N+](C)(C)C)NC(=O)CCCCCCCCCCC/C=C\C/C=C\C/C=C\C/C=C\CCCCC. The first kappa shape index (κ1) is 77.2. The zero-order valence-corrected chi connectivity index (χ0v) is 53.6. The minimum absolute atomic E-state index is 0.0206. The van der Waals surface area contributed by atoms with E-state index in [1.165, 1.54) is 103 Å². The number of quaternary nitrogens is 1. The minimum atomic E-state index is -4.48. The van der Waals surface area contributed by atoms with Gasteiger partial charge in [-0.05, 0) is 115 Å². The van der Waals surface area contributed by atoms with E-state index in [9.17, 15) is 19.0 Å². The summed E-state index contributed by atoms with van der Waals surface area (Å²) in [5.41, 5.74) is 0. The van der Waals surface area contributed by atoms with Crippen molar-refractivity contribution >= 4 is 19.7 Å². The molecule has 1 amide bonds. The van der Waals surface area contributed by atoms with Crippen molar-refractivity contribution in [3.05, 3.63) is 134 Å². The summed E-state index contributed by atoms with van der Waals surface area (Å²) in [6, 6.07) is -0.892. The summed E-state index contributed by atoms with van der Waals surface area (Å²) < 4.78 is 30.6. The molecule has 0 fully saturated rings. The van der Waals surface area contributed by atoms with E-state index in [-0.39, 0.29) is 25.5 Å². The van der Waals surface area contributed by atoms with E-state index in [0.717, 1.165) is 109 Å². The summed E-state index contributed by atoms with van der Waals surface area (Å²) in [7, 11) is 1.43. The summed E-state index contributed by atoms with van der Waals surface area (Å²) in [6.07, 6.45) is 84.7. The highest BCUT2D eigenvalue weighted by Crippen LogP contribution is 2.43. The van der Waals surface area contributed by atoms with Crippen LogP contribution < -0.4 is 5.32 Å². The van der Waals surface area contributed by atoms with Crippen LogP contribution in [-0.2, 0) is 27.9 Å². The van der Waals surface area contributed by atoms with E-state index >= 15 is 0 Å². The monoisotopic (exact) mass is 1150 g/mol. The Morgan fingerprint density at radius 2 is 0.802 bits per heavy atom. The van der Waals surface area contributed by atoms with Crippen LogP contribution in [0.5, 0.6) is 0 Å². The molecule has 462 valence electrons. The van der Waals surface area contributed by atoms with Gasteiger partial charge in [0.15, 0.2) is 0 Å². The van der Waals surface area contributed by atoms with Crippen LogP contribution in [0.4, 0.5) is 0 Å². The molecule has 0 aliphatic rings. The topological polar surface area (TPSA) is 111 Å². The molecule has 10 heteroatoms. The Balaban J connectivity index is 5.25. The summed E-state index contributed by atoms with van der Waals surface area (Å²) in [4.78, 5) is 37.7. The third-order valence-electron chi connectivity index (χ3n) is 13.6. The van der Waals surface area contributed by atoms with E-state index in [4.69, 9.17) is 13.8 Å². The molecule has 0 aromatic heterocycles. The molecule has 0 saturated heterocycles. The Kier molecular flexibility index (Phi) is 56.5. The van der Waals surface area contributed by atoms with E-state index < -0.39 is 25.9 Å². The van der Waals surface area contributed by atoms with Gasteiger partial charge in [-0.15, -0.1) is 0 Å². The zero-order valence-electron chi connectivity index (χ0n) is 52.7. The molecule has 3 atom stereocenters. The van der Waals surface area contributed by atoms with Gasteiger partial charge in [0.2, 0.25) is 5.91 Å². The summed E-state index contributed by atoms with van der Waals surface area (Å²) >= 11 is 0. The number of phosphoric acid groups is 1. The molecule has 81 heavy (non-hydrogen) atoms. The number of carbonyl (C=O) groups excluding carboxylic acids is 2. The quantitative estimate of drug-likeness (QED) is 0.0205. The van der Waals surface area contributed by atoms with Crippen molar-refractivity contribution in [3.8, 4) is 0 Å². The molecule has 0 aromatic carbocycles. The molecule has 0 radical (unpaired) electrons. The van der Waals surface area contributed by atoms with Gasteiger partial charge in [-0.2, -0.15) is 0 Å². The van der Waals surface area contributed by atoms with Gasteiger partial charge >= 0.3 is 13.8 Å². The number of carbonyl (C=O) groups is 2. The molecule has 3 unspecified atom stereocenters. The maximum Gasteiger partial charge on any atom is 0.472 e. The maximum absolute atomic E-state index is 13.6. The number of phosphoric ester groups is 1. The number of nitrogens with zero attached hydrogens (tertiary/aromatic N) is 1. The van der Waals surface area contributed by atoms with Crippen LogP contribution in [0.3, 0.4) is 0 Å². The number of hydrogen-bond acceptors (Lipinski definition) is 6. The molecular formula is C71H122N2O7P+. The van der Waals surface area contributed by atoms with Crippen molar-refractivity contribution in [1.29, 1.82) is 0 Å². The van der Waals surface area contributed by atoms with Crippen LogP contribution in [0, 0.1) is 0 Å². The van der Waals surface area contributed by atoms with Gasteiger partial charge in [0, 0.05) is 12.8 Å². The minimum Gasteiger partial charge on any atom is -0.456 e. The molecule has 0 aliphatic carbocycles.